The highest BCUT2D eigenvalue weighted by Gasteiger charge is 2.26. The third-order valence-electron chi connectivity index (χ3n) is 4.12. The Labute approximate surface area is 169 Å². The maximum Gasteiger partial charge on any atom is 0.345 e. The fraction of sp³-hybridized carbons (Fsp3) is 0.294. The number of ether oxygens (including phenoxy) is 2. The molecule has 3 rings (SSSR count). The summed E-state index contributed by atoms with van der Waals surface area (Å²) in [6, 6.07) is 5.51. The Morgan fingerprint density at radius 1 is 1.13 bits per heavy atom. The number of amides is 1. The second kappa shape index (κ2) is 9.02. The first kappa shape index (κ1) is 21.4. The van der Waals surface area contributed by atoms with Gasteiger partial charge in [0.15, 0.2) is 6.61 Å². The van der Waals surface area contributed by atoms with Gasteiger partial charge in [-0.1, -0.05) is 0 Å². The number of aromatic nitrogens is 2. The van der Waals surface area contributed by atoms with Gasteiger partial charge in [0, 0.05) is 25.0 Å². The number of hydrogen-bond acceptors (Lipinski definition) is 8. The highest BCUT2D eigenvalue weighted by atomic mass is 32.2. The maximum absolute atomic E-state index is 12.6. The molecule has 0 unspecified atom stereocenters. The molecule has 1 amide bonds. The fourth-order valence-electron chi connectivity index (χ4n) is 2.61. The van der Waals surface area contributed by atoms with E-state index in [4.69, 9.17) is 9.47 Å². The number of carbonyl (C=O) groups excluding carboxylic acids is 2. The molecule has 0 bridgehead atoms. The van der Waals surface area contributed by atoms with Crippen LogP contribution < -0.4 is 16.6 Å². The minimum Gasteiger partial charge on any atom is -0.452 e. The summed E-state index contributed by atoms with van der Waals surface area (Å²) in [5, 5.41) is 2.44. The molecule has 1 saturated heterocycles. The molecule has 1 aliphatic rings. The number of aromatic amines is 2. The summed E-state index contributed by atoms with van der Waals surface area (Å²) in [5.74, 6) is -1.79. The molecule has 0 atom stereocenters. The summed E-state index contributed by atoms with van der Waals surface area (Å²) in [7, 11) is -3.65. The number of morpholine rings is 1. The van der Waals surface area contributed by atoms with Crippen molar-refractivity contribution in [1.29, 1.82) is 0 Å². The van der Waals surface area contributed by atoms with Crippen LogP contribution in [0.25, 0.3) is 0 Å². The lowest BCUT2D eigenvalue weighted by atomic mass is 10.3. The lowest BCUT2D eigenvalue weighted by Gasteiger charge is -2.26. The summed E-state index contributed by atoms with van der Waals surface area (Å²) in [6.45, 7) is 0.508. The van der Waals surface area contributed by atoms with Crippen LogP contribution in [0.5, 0.6) is 0 Å². The van der Waals surface area contributed by atoms with Crippen LogP contribution in [-0.4, -0.2) is 67.5 Å². The average molecular weight is 438 g/mol. The highest BCUT2D eigenvalue weighted by molar-refractivity contribution is 7.89. The van der Waals surface area contributed by atoms with Crippen LogP contribution in [0.3, 0.4) is 0 Å². The minimum absolute atomic E-state index is 0.0751. The number of anilines is 1. The van der Waals surface area contributed by atoms with Crippen LogP contribution in [0.2, 0.25) is 0 Å². The van der Waals surface area contributed by atoms with Gasteiger partial charge in [0.25, 0.3) is 11.5 Å². The number of benzene rings is 1. The summed E-state index contributed by atoms with van der Waals surface area (Å²) >= 11 is 0. The summed E-state index contributed by atoms with van der Waals surface area (Å²) < 4.78 is 36.3. The van der Waals surface area contributed by atoms with Gasteiger partial charge in [-0.2, -0.15) is 4.31 Å². The number of nitrogens with one attached hydrogen (secondary N) is 3. The van der Waals surface area contributed by atoms with E-state index in [1.165, 1.54) is 28.6 Å². The smallest absolute Gasteiger partial charge is 0.345 e. The van der Waals surface area contributed by atoms with Gasteiger partial charge in [-0.05, 0) is 24.3 Å². The van der Waals surface area contributed by atoms with Gasteiger partial charge in [0.05, 0.1) is 18.1 Å². The second-order valence-corrected chi connectivity index (χ2v) is 8.09. The Hall–Kier alpha value is -3.29. The Bertz CT molecular complexity index is 1150. The number of esters is 1. The average Bonchev–Trinajstić information content (AvgIpc) is 2.73. The normalized spacial score (nSPS) is 14.8. The molecule has 1 aliphatic heterocycles. The van der Waals surface area contributed by atoms with Crippen LogP contribution in [0.1, 0.15) is 10.4 Å². The van der Waals surface area contributed by atoms with E-state index in [2.05, 4.69) is 10.3 Å². The van der Waals surface area contributed by atoms with Crippen molar-refractivity contribution in [3.63, 3.8) is 0 Å². The molecule has 1 aromatic heterocycles. The Balaban J connectivity index is 1.57. The zero-order valence-corrected chi connectivity index (χ0v) is 16.4. The Kier molecular flexibility index (Phi) is 6.44. The highest BCUT2D eigenvalue weighted by Crippen LogP contribution is 2.19. The standard InChI is InChI=1S/C17H18N4O8S/c22-14(10-29-16(24)13-9-18-17(25)20-15(13)23)19-11-1-3-12(4-2-11)30(26,27)21-5-7-28-8-6-21/h1-4,9H,5-8,10H2,(H,19,22)(H2,18,20,23,25). The summed E-state index contributed by atoms with van der Waals surface area (Å²) in [4.78, 5) is 50.3. The molecule has 2 aromatic rings. The molecule has 1 aromatic carbocycles. The zero-order valence-electron chi connectivity index (χ0n) is 15.5. The van der Waals surface area contributed by atoms with Crippen molar-refractivity contribution in [3.8, 4) is 0 Å². The fourth-order valence-corrected chi connectivity index (χ4v) is 4.02. The van der Waals surface area contributed by atoms with E-state index in [9.17, 15) is 27.6 Å². The first-order valence-electron chi connectivity index (χ1n) is 8.74. The Morgan fingerprint density at radius 2 is 1.80 bits per heavy atom. The summed E-state index contributed by atoms with van der Waals surface area (Å²) in [6.07, 6.45) is 0.884. The van der Waals surface area contributed by atoms with Crippen molar-refractivity contribution in [1.82, 2.24) is 14.3 Å². The monoisotopic (exact) mass is 438 g/mol. The van der Waals surface area contributed by atoms with Crippen molar-refractivity contribution in [2.45, 2.75) is 4.90 Å². The van der Waals surface area contributed by atoms with E-state index in [1.807, 2.05) is 4.98 Å². The van der Waals surface area contributed by atoms with Crippen LogP contribution in [0, 0.1) is 0 Å². The zero-order chi connectivity index (χ0) is 21.7. The SMILES string of the molecule is O=C(COC(=O)c1c[nH]c(=O)[nH]c1=O)Nc1ccc(S(=O)(=O)N2CCOCC2)cc1. The number of nitrogens with zero attached hydrogens (tertiary/aromatic N) is 1. The molecule has 160 valence electrons. The van der Waals surface area contributed by atoms with E-state index >= 15 is 0 Å². The van der Waals surface area contributed by atoms with Crippen molar-refractivity contribution in [2.75, 3.05) is 38.2 Å². The van der Waals surface area contributed by atoms with E-state index < -0.39 is 45.3 Å². The summed E-state index contributed by atoms with van der Waals surface area (Å²) in [5.41, 5.74) is -1.89. The molecule has 13 heteroatoms. The van der Waals surface area contributed by atoms with Gasteiger partial charge in [-0.15, -0.1) is 0 Å². The lowest BCUT2D eigenvalue weighted by molar-refractivity contribution is -0.119. The van der Waals surface area contributed by atoms with Gasteiger partial charge < -0.3 is 19.8 Å². The third-order valence-corrected chi connectivity index (χ3v) is 6.03. The Morgan fingerprint density at radius 3 is 2.43 bits per heavy atom. The van der Waals surface area contributed by atoms with Gasteiger partial charge in [-0.3, -0.25) is 14.6 Å². The maximum atomic E-state index is 12.6. The molecule has 0 saturated carbocycles. The first-order chi connectivity index (χ1) is 14.3. The van der Waals surface area contributed by atoms with Crippen LogP contribution in [0.4, 0.5) is 5.69 Å². The third kappa shape index (κ3) is 5.00. The van der Waals surface area contributed by atoms with Crippen molar-refractivity contribution < 1.29 is 27.5 Å². The topological polar surface area (TPSA) is 168 Å². The largest absolute Gasteiger partial charge is 0.452 e. The molecule has 0 spiro atoms. The molecule has 1 fully saturated rings. The quantitative estimate of drug-likeness (QED) is 0.477. The molecule has 30 heavy (non-hydrogen) atoms. The van der Waals surface area contributed by atoms with Crippen molar-refractivity contribution in [3.05, 3.63) is 56.9 Å². The number of H-pyrrole nitrogens is 2. The first-order valence-corrected chi connectivity index (χ1v) is 10.2. The lowest BCUT2D eigenvalue weighted by Crippen LogP contribution is -2.40. The molecule has 2 heterocycles. The van der Waals surface area contributed by atoms with Crippen LogP contribution >= 0.6 is 0 Å². The van der Waals surface area contributed by atoms with Gasteiger partial charge in [0.2, 0.25) is 10.0 Å². The van der Waals surface area contributed by atoms with Gasteiger partial charge >= 0.3 is 11.7 Å². The van der Waals surface area contributed by atoms with E-state index in [0.717, 1.165) is 6.20 Å². The molecule has 0 radical (unpaired) electrons. The van der Waals surface area contributed by atoms with E-state index in [0.29, 0.717) is 18.9 Å². The molecular weight excluding hydrogens is 420 g/mol. The van der Waals surface area contributed by atoms with E-state index in [1.54, 1.807) is 0 Å². The predicted molar refractivity (Wildman–Crippen MR) is 103 cm³/mol. The van der Waals surface area contributed by atoms with E-state index in [-0.39, 0.29) is 18.0 Å². The second-order valence-electron chi connectivity index (χ2n) is 6.15. The molecular formula is C17H18N4O8S. The molecule has 3 N–H and O–H groups in total. The van der Waals surface area contributed by atoms with Gasteiger partial charge in [0.1, 0.15) is 5.56 Å². The predicted octanol–water partition coefficient (Wildman–Crippen LogP) is -1.12. The number of hydrogen-bond donors (Lipinski definition) is 3. The van der Waals surface area contributed by atoms with Crippen LogP contribution in [0.15, 0.2) is 44.9 Å². The number of rotatable bonds is 6. The van der Waals surface area contributed by atoms with Crippen LogP contribution in [-0.2, 0) is 24.3 Å². The molecule has 12 nitrogen and oxygen atoms in total. The van der Waals surface area contributed by atoms with Gasteiger partial charge in [-0.25, -0.2) is 18.0 Å². The minimum atomic E-state index is -3.65. The van der Waals surface area contributed by atoms with Crippen molar-refractivity contribution >= 4 is 27.6 Å². The van der Waals surface area contributed by atoms with Crippen molar-refractivity contribution in [2.24, 2.45) is 0 Å². The number of sulfonamides is 1. The number of carbonyl (C=O) groups is 2. The molecule has 0 aliphatic carbocycles.